The van der Waals surface area contributed by atoms with Gasteiger partial charge in [-0.3, -0.25) is 9.59 Å². The topological polar surface area (TPSA) is 94.2 Å². The molecule has 2 atom stereocenters. The molecule has 2 rings (SSSR count). The summed E-state index contributed by atoms with van der Waals surface area (Å²) in [6, 6.07) is 8.19. The molecule has 0 spiro atoms. The van der Waals surface area contributed by atoms with Crippen LogP contribution in [0.15, 0.2) is 18.2 Å². The molecule has 0 fully saturated rings. The summed E-state index contributed by atoms with van der Waals surface area (Å²) in [6.45, 7) is 1.67. The number of halogens is 1. The Hall–Kier alpha value is -2.57. The van der Waals surface area contributed by atoms with Crippen LogP contribution in [0.1, 0.15) is 22.8 Å². The van der Waals surface area contributed by atoms with Crippen molar-refractivity contribution in [1.82, 2.24) is 4.90 Å². The summed E-state index contributed by atoms with van der Waals surface area (Å²) in [7, 11) is 1.38. The summed E-state index contributed by atoms with van der Waals surface area (Å²) in [4.78, 5) is 25.6. The average molecular weight is 318 g/mol. The van der Waals surface area contributed by atoms with E-state index in [4.69, 9.17) is 16.3 Å². The predicted octanol–water partition coefficient (Wildman–Crippen LogP) is 1.85. The van der Waals surface area contributed by atoms with Crippen LogP contribution in [0.3, 0.4) is 0 Å². The first-order valence-corrected chi connectivity index (χ1v) is 6.87. The van der Waals surface area contributed by atoms with Crippen molar-refractivity contribution in [3.05, 3.63) is 34.3 Å². The molecule has 1 heterocycles. The van der Waals surface area contributed by atoms with E-state index in [9.17, 15) is 20.1 Å². The standard InChI is InChI=1S/C15H12ClN3O3/c1-3-22-14(21)12(7-17)15(8-18)11-5-4-9(16)6-10(11)13(20)19(15)2/h4-6,12H,3H2,1-2H3. The smallest absolute Gasteiger partial charge is 0.327 e. The Kier molecular flexibility index (Phi) is 4.07. The largest absolute Gasteiger partial charge is 0.465 e. The van der Waals surface area contributed by atoms with Crippen molar-refractivity contribution < 1.29 is 14.3 Å². The summed E-state index contributed by atoms with van der Waals surface area (Å²) in [5.41, 5.74) is -1.23. The Balaban J connectivity index is 2.70. The summed E-state index contributed by atoms with van der Waals surface area (Å²) in [5.74, 6) is -2.76. The highest BCUT2D eigenvalue weighted by Gasteiger charge is 2.57. The fraction of sp³-hybridized carbons (Fsp3) is 0.333. The molecule has 0 saturated heterocycles. The average Bonchev–Trinajstić information content (AvgIpc) is 2.70. The van der Waals surface area contributed by atoms with Gasteiger partial charge in [-0.05, 0) is 19.1 Å². The van der Waals surface area contributed by atoms with Crippen molar-refractivity contribution in [2.45, 2.75) is 12.5 Å². The fourth-order valence-electron chi connectivity index (χ4n) is 2.64. The zero-order valence-electron chi connectivity index (χ0n) is 12.0. The van der Waals surface area contributed by atoms with Gasteiger partial charge in [0.15, 0.2) is 11.5 Å². The van der Waals surface area contributed by atoms with Gasteiger partial charge in [0.2, 0.25) is 0 Å². The Morgan fingerprint density at radius 1 is 1.50 bits per heavy atom. The van der Waals surface area contributed by atoms with Crippen molar-refractivity contribution in [3.63, 3.8) is 0 Å². The summed E-state index contributed by atoms with van der Waals surface area (Å²) in [5, 5.41) is 19.4. The molecule has 1 aromatic rings. The van der Waals surface area contributed by atoms with Gasteiger partial charge in [0.05, 0.1) is 18.7 Å². The van der Waals surface area contributed by atoms with Crippen LogP contribution in [0.4, 0.5) is 0 Å². The van der Waals surface area contributed by atoms with E-state index in [1.807, 2.05) is 6.07 Å². The molecule has 0 bridgehead atoms. The molecule has 0 saturated carbocycles. The Bertz CT molecular complexity index is 735. The highest BCUT2D eigenvalue weighted by molar-refractivity contribution is 6.31. The van der Waals surface area contributed by atoms with E-state index >= 15 is 0 Å². The third-order valence-corrected chi connectivity index (χ3v) is 3.93. The number of amides is 1. The maximum absolute atomic E-state index is 12.4. The lowest BCUT2D eigenvalue weighted by Crippen LogP contribution is -2.48. The van der Waals surface area contributed by atoms with Gasteiger partial charge in [0.1, 0.15) is 0 Å². The van der Waals surface area contributed by atoms with Crippen LogP contribution < -0.4 is 0 Å². The van der Waals surface area contributed by atoms with Crippen LogP contribution in [0.25, 0.3) is 0 Å². The molecule has 22 heavy (non-hydrogen) atoms. The maximum atomic E-state index is 12.4. The van der Waals surface area contributed by atoms with Gasteiger partial charge < -0.3 is 9.64 Å². The summed E-state index contributed by atoms with van der Waals surface area (Å²) >= 11 is 5.89. The fourth-order valence-corrected chi connectivity index (χ4v) is 2.81. The number of fused-ring (bicyclic) bond motifs is 1. The first kappa shape index (κ1) is 15.8. The zero-order valence-corrected chi connectivity index (χ0v) is 12.7. The Morgan fingerprint density at radius 2 is 2.18 bits per heavy atom. The number of hydrogen-bond acceptors (Lipinski definition) is 5. The third-order valence-electron chi connectivity index (χ3n) is 3.70. The quantitative estimate of drug-likeness (QED) is 0.793. The molecular formula is C15H12ClN3O3. The van der Waals surface area contributed by atoms with E-state index in [-0.39, 0.29) is 17.7 Å². The maximum Gasteiger partial charge on any atom is 0.327 e. The zero-order chi connectivity index (χ0) is 16.5. The van der Waals surface area contributed by atoms with Crippen LogP contribution in [0.2, 0.25) is 5.02 Å². The van der Waals surface area contributed by atoms with Gasteiger partial charge in [-0.25, -0.2) is 0 Å². The number of rotatable bonds is 3. The molecule has 7 heteroatoms. The van der Waals surface area contributed by atoms with Crippen LogP contribution in [-0.4, -0.2) is 30.4 Å². The van der Waals surface area contributed by atoms with Crippen LogP contribution >= 0.6 is 11.6 Å². The lowest BCUT2D eigenvalue weighted by molar-refractivity contribution is -0.149. The van der Waals surface area contributed by atoms with Gasteiger partial charge in [-0.1, -0.05) is 17.7 Å². The van der Waals surface area contributed by atoms with E-state index in [0.717, 1.165) is 4.90 Å². The van der Waals surface area contributed by atoms with Crippen molar-refractivity contribution >= 4 is 23.5 Å². The highest BCUT2D eigenvalue weighted by Crippen LogP contribution is 2.44. The highest BCUT2D eigenvalue weighted by atomic mass is 35.5. The molecular weight excluding hydrogens is 306 g/mol. The van der Waals surface area contributed by atoms with Crippen LogP contribution in [-0.2, 0) is 15.1 Å². The Morgan fingerprint density at radius 3 is 2.73 bits per heavy atom. The minimum absolute atomic E-state index is 0.0731. The van der Waals surface area contributed by atoms with Crippen LogP contribution in [0, 0.1) is 28.6 Å². The van der Waals surface area contributed by atoms with Gasteiger partial charge in [0.25, 0.3) is 5.91 Å². The molecule has 1 aliphatic heterocycles. The second-order valence-corrected chi connectivity index (χ2v) is 5.18. The van der Waals surface area contributed by atoms with Crippen LogP contribution in [0.5, 0.6) is 0 Å². The SMILES string of the molecule is CCOC(=O)C(C#N)C1(C#N)c2ccc(Cl)cc2C(=O)N1C. The second-order valence-electron chi connectivity index (χ2n) is 4.75. The molecule has 0 aliphatic carbocycles. The molecule has 0 aromatic heterocycles. The van der Waals surface area contributed by atoms with E-state index < -0.39 is 23.3 Å². The lowest BCUT2D eigenvalue weighted by Gasteiger charge is -2.32. The number of hydrogen-bond donors (Lipinski definition) is 0. The number of nitriles is 2. The van der Waals surface area contributed by atoms with Gasteiger partial charge in [-0.15, -0.1) is 0 Å². The molecule has 0 N–H and O–H groups in total. The van der Waals surface area contributed by atoms with Gasteiger partial charge in [-0.2, -0.15) is 10.5 Å². The molecule has 1 aliphatic rings. The van der Waals surface area contributed by atoms with Gasteiger partial charge in [0, 0.05) is 23.2 Å². The Labute approximate surface area is 132 Å². The molecule has 112 valence electrons. The normalized spacial score (nSPS) is 20.8. The number of esters is 1. The van der Waals surface area contributed by atoms with E-state index in [1.54, 1.807) is 13.0 Å². The van der Waals surface area contributed by atoms with Crippen molar-refractivity contribution in [2.75, 3.05) is 13.7 Å². The number of carbonyl (C=O) groups is 2. The van der Waals surface area contributed by atoms with Crippen molar-refractivity contribution in [2.24, 2.45) is 5.92 Å². The molecule has 0 radical (unpaired) electrons. The summed E-state index contributed by atoms with van der Waals surface area (Å²) < 4.78 is 4.88. The molecule has 2 unspecified atom stereocenters. The first-order valence-electron chi connectivity index (χ1n) is 6.49. The predicted molar refractivity (Wildman–Crippen MR) is 76.6 cm³/mol. The number of nitrogens with zero attached hydrogens (tertiary/aromatic N) is 3. The van der Waals surface area contributed by atoms with Gasteiger partial charge >= 0.3 is 5.97 Å². The minimum Gasteiger partial charge on any atom is -0.465 e. The van der Waals surface area contributed by atoms with E-state index in [1.165, 1.54) is 25.2 Å². The van der Waals surface area contributed by atoms with E-state index in [2.05, 4.69) is 0 Å². The second kappa shape index (κ2) is 5.67. The first-order chi connectivity index (χ1) is 10.4. The summed E-state index contributed by atoms with van der Waals surface area (Å²) in [6.07, 6.45) is 0. The molecule has 6 nitrogen and oxygen atoms in total. The lowest BCUT2D eigenvalue weighted by atomic mass is 9.79. The number of carbonyl (C=O) groups excluding carboxylic acids is 2. The molecule has 1 amide bonds. The number of benzene rings is 1. The van der Waals surface area contributed by atoms with Crippen molar-refractivity contribution in [3.8, 4) is 12.1 Å². The minimum atomic E-state index is -1.72. The third kappa shape index (κ3) is 2.01. The molecule has 1 aromatic carbocycles. The number of ether oxygens (including phenoxy) is 1. The van der Waals surface area contributed by atoms with E-state index in [0.29, 0.717) is 5.02 Å². The van der Waals surface area contributed by atoms with Crippen molar-refractivity contribution in [1.29, 1.82) is 10.5 Å². The monoisotopic (exact) mass is 317 g/mol.